The van der Waals surface area contributed by atoms with Crippen LogP contribution in [-0.2, 0) is 4.79 Å². The minimum atomic E-state index is -0.414. The summed E-state index contributed by atoms with van der Waals surface area (Å²) in [6, 6.07) is 3.77. The van der Waals surface area contributed by atoms with Crippen molar-refractivity contribution in [3.05, 3.63) is 22.2 Å². The Morgan fingerprint density at radius 1 is 1.50 bits per heavy atom. The zero-order valence-electron chi connectivity index (χ0n) is 7.93. The number of carbonyl (C=O) groups is 1. The van der Waals surface area contributed by atoms with Gasteiger partial charge < -0.3 is 10.1 Å². The van der Waals surface area contributed by atoms with E-state index in [1.165, 1.54) is 0 Å². The predicted octanol–water partition coefficient (Wildman–Crippen LogP) is 2.48. The van der Waals surface area contributed by atoms with Gasteiger partial charge in [-0.05, 0) is 31.5 Å². The Hall–Kier alpha value is -1.03. The van der Waals surface area contributed by atoms with Gasteiger partial charge in [0.2, 0.25) is 0 Å². The second-order valence-corrected chi connectivity index (χ2v) is 4.20. The molecule has 14 heavy (non-hydrogen) atoms. The maximum atomic E-state index is 11.3. The van der Waals surface area contributed by atoms with Crippen LogP contribution in [0, 0.1) is 6.92 Å². The molecule has 0 bridgehead atoms. The fraction of sp³-hybridized carbons (Fsp3) is 0.300. The fourth-order valence-electron chi connectivity index (χ4n) is 1.33. The van der Waals surface area contributed by atoms with E-state index in [0.29, 0.717) is 0 Å². The second kappa shape index (κ2) is 3.28. The lowest BCUT2D eigenvalue weighted by Gasteiger charge is -2.23. The van der Waals surface area contributed by atoms with Crippen LogP contribution in [0.3, 0.4) is 0 Å². The molecule has 2 rings (SSSR count). The van der Waals surface area contributed by atoms with Crippen molar-refractivity contribution in [1.82, 2.24) is 0 Å². The number of amides is 1. The van der Waals surface area contributed by atoms with Crippen molar-refractivity contribution in [2.75, 3.05) is 5.32 Å². The lowest BCUT2D eigenvalue weighted by atomic mass is 10.1. The molecule has 0 spiro atoms. The molecule has 0 unspecified atom stereocenters. The van der Waals surface area contributed by atoms with E-state index in [-0.39, 0.29) is 5.91 Å². The van der Waals surface area contributed by atoms with Gasteiger partial charge in [-0.1, -0.05) is 15.9 Å². The molecule has 1 heterocycles. The SMILES string of the molecule is Cc1cc2c(cc1Br)NC(=O)[C@H](C)O2. The van der Waals surface area contributed by atoms with Crippen LogP contribution < -0.4 is 10.1 Å². The number of halogens is 1. The van der Waals surface area contributed by atoms with Crippen LogP contribution in [-0.4, -0.2) is 12.0 Å². The Bertz CT molecular complexity index is 403. The van der Waals surface area contributed by atoms with Gasteiger partial charge in [-0.25, -0.2) is 0 Å². The van der Waals surface area contributed by atoms with E-state index in [4.69, 9.17) is 4.74 Å². The molecule has 3 nitrogen and oxygen atoms in total. The molecule has 1 atom stereocenters. The fourth-order valence-corrected chi connectivity index (χ4v) is 1.67. The monoisotopic (exact) mass is 255 g/mol. The third kappa shape index (κ3) is 1.50. The number of anilines is 1. The van der Waals surface area contributed by atoms with Crippen LogP contribution in [0.25, 0.3) is 0 Å². The Morgan fingerprint density at radius 3 is 2.93 bits per heavy atom. The van der Waals surface area contributed by atoms with Crippen molar-refractivity contribution in [2.45, 2.75) is 20.0 Å². The maximum absolute atomic E-state index is 11.3. The van der Waals surface area contributed by atoms with Crippen LogP contribution in [0.4, 0.5) is 5.69 Å². The maximum Gasteiger partial charge on any atom is 0.265 e. The summed E-state index contributed by atoms with van der Waals surface area (Å²) in [5.41, 5.74) is 1.82. The summed E-state index contributed by atoms with van der Waals surface area (Å²) in [7, 11) is 0. The van der Waals surface area contributed by atoms with Crippen molar-refractivity contribution in [3.63, 3.8) is 0 Å². The van der Waals surface area contributed by atoms with Crippen molar-refractivity contribution in [3.8, 4) is 5.75 Å². The Kier molecular flexibility index (Phi) is 2.23. The van der Waals surface area contributed by atoms with E-state index in [2.05, 4.69) is 21.2 Å². The van der Waals surface area contributed by atoms with Gasteiger partial charge in [0.1, 0.15) is 5.75 Å². The quantitative estimate of drug-likeness (QED) is 0.774. The highest BCUT2D eigenvalue weighted by Crippen LogP contribution is 2.34. The van der Waals surface area contributed by atoms with E-state index >= 15 is 0 Å². The number of hydrogen-bond acceptors (Lipinski definition) is 2. The molecule has 1 aliphatic heterocycles. The smallest absolute Gasteiger partial charge is 0.265 e. The molecule has 0 fully saturated rings. The van der Waals surface area contributed by atoms with Crippen molar-refractivity contribution in [2.24, 2.45) is 0 Å². The van der Waals surface area contributed by atoms with E-state index in [1.807, 2.05) is 19.1 Å². The molecule has 0 aliphatic carbocycles. The topological polar surface area (TPSA) is 38.3 Å². The molecule has 0 aromatic heterocycles. The highest BCUT2D eigenvalue weighted by molar-refractivity contribution is 9.10. The van der Waals surface area contributed by atoms with Gasteiger partial charge >= 0.3 is 0 Å². The molecule has 0 radical (unpaired) electrons. The van der Waals surface area contributed by atoms with Crippen molar-refractivity contribution >= 4 is 27.5 Å². The summed E-state index contributed by atoms with van der Waals surface area (Å²) >= 11 is 3.40. The molecule has 1 aliphatic rings. The van der Waals surface area contributed by atoms with Gasteiger partial charge in [0.25, 0.3) is 5.91 Å². The molecular formula is C10H10BrNO2. The summed E-state index contributed by atoms with van der Waals surface area (Å²) in [6.07, 6.45) is -0.414. The number of hydrogen-bond donors (Lipinski definition) is 1. The molecule has 1 N–H and O–H groups in total. The van der Waals surface area contributed by atoms with Crippen LogP contribution in [0.15, 0.2) is 16.6 Å². The van der Waals surface area contributed by atoms with E-state index in [9.17, 15) is 4.79 Å². The summed E-state index contributed by atoms with van der Waals surface area (Å²) in [4.78, 5) is 11.3. The zero-order valence-corrected chi connectivity index (χ0v) is 9.51. The van der Waals surface area contributed by atoms with E-state index < -0.39 is 6.10 Å². The number of nitrogens with one attached hydrogen (secondary N) is 1. The summed E-state index contributed by atoms with van der Waals surface area (Å²) in [6.45, 7) is 3.71. The lowest BCUT2D eigenvalue weighted by molar-refractivity contribution is -0.122. The first-order valence-corrected chi connectivity index (χ1v) is 5.15. The number of benzene rings is 1. The van der Waals surface area contributed by atoms with Crippen molar-refractivity contribution in [1.29, 1.82) is 0 Å². The molecule has 4 heteroatoms. The summed E-state index contributed by atoms with van der Waals surface area (Å²) in [5, 5.41) is 2.78. The molecule has 1 amide bonds. The van der Waals surface area contributed by atoms with Gasteiger partial charge in [-0.2, -0.15) is 0 Å². The Balaban J connectivity index is 2.47. The largest absolute Gasteiger partial charge is 0.479 e. The number of ether oxygens (including phenoxy) is 1. The third-order valence-electron chi connectivity index (χ3n) is 2.19. The van der Waals surface area contributed by atoms with Gasteiger partial charge in [-0.15, -0.1) is 0 Å². The molecule has 0 saturated heterocycles. The highest BCUT2D eigenvalue weighted by Gasteiger charge is 2.23. The van der Waals surface area contributed by atoms with Crippen LogP contribution in [0.5, 0.6) is 5.75 Å². The van der Waals surface area contributed by atoms with Gasteiger partial charge in [-0.3, -0.25) is 4.79 Å². The standard InChI is InChI=1S/C10H10BrNO2/c1-5-3-9-8(4-7(5)11)12-10(13)6(2)14-9/h3-4,6H,1-2H3,(H,12,13)/t6-/m0/s1. The molecule has 0 saturated carbocycles. The normalized spacial score (nSPS) is 19.6. The first-order chi connectivity index (χ1) is 6.58. The van der Waals surface area contributed by atoms with Gasteiger partial charge in [0.05, 0.1) is 5.69 Å². The van der Waals surface area contributed by atoms with Crippen LogP contribution in [0.1, 0.15) is 12.5 Å². The van der Waals surface area contributed by atoms with Crippen LogP contribution in [0.2, 0.25) is 0 Å². The minimum absolute atomic E-state index is 0.103. The number of fused-ring (bicyclic) bond motifs is 1. The number of carbonyl (C=O) groups excluding carboxylic acids is 1. The highest BCUT2D eigenvalue weighted by atomic mass is 79.9. The predicted molar refractivity (Wildman–Crippen MR) is 57.6 cm³/mol. The van der Waals surface area contributed by atoms with Crippen LogP contribution >= 0.6 is 15.9 Å². The summed E-state index contributed by atoms with van der Waals surface area (Å²) in [5.74, 6) is 0.631. The molecule has 74 valence electrons. The van der Waals surface area contributed by atoms with Crippen molar-refractivity contribution < 1.29 is 9.53 Å². The second-order valence-electron chi connectivity index (χ2n) is 3.35. The van der Waals surface area contributed by atoms with Gasteiger partial charge in [0.15, 0.2) is 6.10 Å². The molecule has 1 aromatic rings. The summed E-state index contributed by atoms with van der Waals surface area (Å²) < 4.78 is 6.41. The Morgan fingerprint density at radius 2 is 2.21 bits per heavy atom. The minimum Gasteiger partial charge on any atom is -0.479 e. The average molecular weight is 256 g/mol. The van der Waals surface area contributed by atoms with Gasteiger partial charge in [0, 0.05) is 4.47 Å². The first-order valence-electron chi connectivity index (χ1n) is 4.35. The third-order valence-corrected chi connectivity index (χ3v) is 3.05. The lowest BCUT2D eigenvalue weighted by Crippen LogP contribution is -2.34. The molecular weight excluding hydrogens is 246 g/mol. The zero-order chi connectivity index (χ0) is 10.3. The van der Waals surface area contributed by atoms with E-state index in [0.717, 1.165) is 21.5 Å². The van der Waals surface area contributed by atoms with E-state index in [1.54, 1.807) is 6.92 Å². The number of aryl methyl sites for hydroxylation is 1. The molecule has 1 aromatic carbocycles. The Labute approximate surface area is 90.6 Å². The average Bonchev–Trinajstić information content (AvgIpc) is 2.11. The first kappa shape index (κ1) is 9.52. The number of rotatable bonds is 0.